The van der Waals surface area contributed by atoms with Crippen LogP contribution in [0.3, 0.4) is 0 Å². The number of sulfonamides is 1. The van der Waals surface area contributed by atoms with E-state index in [2.05, 4.69) is 5.32 Å². The highest BCUT2D eigenvalue weighted by molar-refractivity contribution is 7.92. The smallest absolute Gasteiger partial charge is 0.264 e. The number of nitrogens with zero attached hydrogens (tertiary/aromatic N) is 2. The standard InChI is InChI=1S/C29H33Cl2N3O4S/c1-20(2)17-32-29(36)22(4)33(18-23-11-9-8-10-21(23)3)28(35)19-34(26-15-24(30)14-25(31)16-26)39(37,38)27-12-6-5-7-13-27/h5-16,20,22H,17-19H2,1-4H3,(H,32,36). The summed E-state index contributed by atoms with van der Waals surface area (Å²) in [7, 11) is -4.20. The van der Waals surface area contributed by atoms with Crippen LogP contribution in [-0.4, -0.2) is 44.3 Å². The van der Waals surface area contributed by atoms with Crippen LogP contribution in [0, 0.1) is 12.8 Å². The van der Waals surface area contributed by atoms with E-state index in [1.165, 1.54) is 35.2 Å². The average Bonchev–Trinajstić information content (AvgIpc) is 2.89. The minimum atomic E-state index is -4.20. The van der Waals surface area contributed by atoms with E-state index in [-0.39, 0.29) is 39.0 Å². The minimum absolute atomic E-state index is 0.00192. The molecule has 0 aliphatic heterocycles. The summed E-state index contributed by atoms with van der Waals surface area (Å²) in [6.45, 7) is 7.51. The second kappa shape index (κ2) is 13.3. The maximum atomic E-state index is 13.9. The Bertz CT molecular complexity index is 1390. The van der Waals surface area contributed by atoms with Gasteiger partial charge in [0, 0.05) is 23.1 Å². The van der Waals surface area contributed by atoms with Crippen LogP contribution in [0.2, 0.25) is 10.0 Å². The van der Waals surface area contributed by atoms with Crippen molar-refractivity contribution in [2.45, 2.75) is 45.2 Å². The summed E-state index contributed by atoms with van der Waals surface area (Å²) in [5.74, 6) is -0.657. The molecule has 0 aliphatic rings. The molecule has 2 amide bonds. The molecule has 0 fully saturated rings. The average molecular weight is 591 g/mol. The number of anilines is 1. The third kappa shape index (κ3) is 7.97. The highest BCUT2D eigenvalue weighted by atomic mass is 35.5. The zero-order valence-corrected chi connectivity index (χ0v) is 24.7. The third-order valence-electron chi connectivity index (χ3n) is 6.20. The van der Waals surface area contributed by atoms with Gasteiger partial charge in [0.1, 0.15) is 12.6 Å². The Labute approximate surface area is 240 Å². The van der Waals surface area contributed by atoms with Gasteiger partial charge in [0.2, 0.25) is 11.8 Å². The maximum absolute atomic E-state index is 13.9. The molecule has 0 saturated carbocycles. The monoisotopic (exact) mass is 589 g/mol. The predicted octanol–water partition coefficient (Wildman–Crippen LogP) is 5.69. The Hall–Kier alpha value is -3.07. The largest absolute Gasteiger partial charge is 0.354 e. The molecule has 0 aliphatic carbocycles. The van der Waals surface area contributed by atoms with Crippen molar-refractivity contribution in [1.29, 1.82) is 0 Å². The molecule has 3 aromatic carbocycles. The Balaban J connectivity index is 2.04. The molecule has 39 heavy (non-hydrogen) atoms. The Morgan fingerprint density at radius 3 is 2.08 bits per heavy atom. The fraction of sp³-hybridized carbons (Fsp3) is 0.310. The summed E-state index contributed by atoms with van der Waals surface area (Å²) >= 11 is 12.4. The number of benzene rings is 3. The molecule has 3 aromatic rings. The van der Waals surface area contributed by atoms with Crippen molar-refractivity contribution in [3.63, 3.8) is 0 Å². The highest BCUT2D eigenvalue weighted by Gasteiger charge is 2.33. The Morgan fingerprint density at radius 2 is 1.49 bits per heavy atom. The van der Waals surface area contributed by atoms with E-state index in [1.54, 1.807) is 25.1 Å². The van der Waals surface area contributed by atoms with E-state index >= 15 is 0 Å². The quantitative estimate of drug-likeness (QED) is 0.311. The van der Waals surface area contributed by atoms with Crippen LogP contribution >= 0.6 is 23.2 Å². The van der Waals surface area contributed by atoms with Crippen LogP contribution in [0.15, 0.2) is 77.7 Å². The molecule has 0 radical (unpaired) electrons. The molecule has 0 aromatic heterocycles. The van der Waals surface area contributed by atoms with Gasteiger partial charge in [0.25, 0.3) is 10.0 Å². The number of halogens is 2. The first kappa shape index (κ1) is 30.5. The number of aryl methyl sites for hydroxylation is 1. The highest BCUT2D eigenvalue weighted by Crippen LogP contribution is 2.30. The predicted molar refractivity (Wildman–Crippen MR) is 156 cm³/mol. The van der Waals surface area contributed by atoms with E-state index in [0.717, 1.165) is 15.4 Å². The molecular formula is C29H33Cl2N3O4S. The number of hydrogen-bond donors (Lipinski definition) is 1. The van der Waals surface area contributed by atoms with Gasteiger partial charge in [-0.25, -0.2) is 8.42 Å². The molecule has 10 heteroatoms. The van der Waals surface area contributed by atoms with Gasteiger partial charge in [0.05, 0.1) is 10.6 Å². The summed E-state index contributed by atoms with van der Waals surface area (Å²) < 4.78 is 28.6. The van der Waals surface area contributed by atoms with E-state index < -0.39 is 28.5 Å². The molecule has 7 nitrogen and oxygen atoms in total. The number of hydrogen-bond acceptors (Lipinski definition) is 4. The van der Waals surface area contributed by atoms with E-state index in [1.807, 2.05) is 45.0 Å². The molecule has 1 atom stereocenters. The first-order valence-corrected chi connectivity index (χ1v) is 14.7. The Morgan fingerprint density at radius 1 is 0.897 bits per heavy atom. The van der Waals surface area contributed by atoms with E-state index in [4.69, 9.17) is 23.2 Å². The summed E-state index contributed by atoms with van der Waals surface area (Å²) in [5.41, 5.74) is 1.93. The van der Waals surface area contributed by atoms with Crippen molar-refractivity contribution in [2.24, 2.45) is 5.92 Å². The lowest BCUT2D eigenvalue weighted by Crippen LogP contribution is -2.51. The SMILES string of the molecule is Cc1ccccc1CN(C(=O)CN(c1cc(Cl)cc(Cl)c1)S(=O)(=O)c1ccccc1)C(C)C(=O)NCC(C)C. The van der Waals surface area contributed by atoms with E-state index in [9.17, 15) is 18.0 Å². The van der Waals surface area contributed by atoms with Gasteiger partial charge < -0.3 is 10.2 Å². The fourth-order valence-electron chi connectivity index (χ4n) is 3.94. The lowest BCUT2D eigenvalue weighted by molar-refractivity contribution is -0.139. The zero-order valence-electron chi connectivity index (χ0n) is 22.4. The number of carbonyl (C=O) groups excluding carboxylic acids is 2. The van der Waals surface area contributed by atoms with Crippen LogP contribution in [0.5, 0.6) is 0 Å². The van der Waals surface area contributed by atoms with Crippen molar-refractivity contribution < 1.29 is 18.0 Å². The Kier molecular flexibility index (Phi) is 10.4. The number of carbonyl (C=O) groups is 2. The van der Waals surface area contributed by atoms with Crippen molar-refractivity contribution >= 4 is 50.7 Å². The molecule has 1 N–H and O–H groups in total. The second-order valence-electron chi connectivity index (χ2n) is 9.72. The van der Waals surface area contributed by atoms with Crippen LogP contribution in [0.4, 0.5) is 5.69 Å². The van der Waals surface area contributed by atoms with Crippen molar-refractivity contribution in [3.8, 4) is 0 Å². The van der Waals surface area contributed by atoms with Crippen molar-refractivity contribution in [2.75, 3.05) is 17.4 Å². The van der Waals surface area contributed by atoms with Gasteiger partial charge in [0.15, 0.2) is 0 Å². The van der Waals surface area contributed by atoms with Gasteiger partial charge >= 0.3 is 0 Å². The summed E-state index contributed by atoms with van der Waals surface area (Å²) in [6, 6.07) is 18.8. The molecule has 208 valence electrons. The summed E-state index contributed by atoms with van der Waals surface area (Å²) in [4.78, 5) is 28.4. The normalized spacial score (nSPS) is 12.2. The van der Waals surface area contributed by atoms with Gasteiger partial charge in [-0.1, -0.05) is 79.5 Å². The van der Waals surface area contributed by atoms with Gasteiger partial charge in [-0.2, -0.15) is 0 Å². The van der Waals surface area contributed by atoms with Crippen molar-refractivity contribution in [1.82, 2.24) is 10.2 Å². The second-order valence-corrected chi connectivity index (χ2v) is 12.5. The summed E-state index contributed by atoms with van der Waals surface area (Å²) in [5, 5.41) is 3.31. The number of rotatable bonds is 11. The van der Waals surface area contributed by atoms with Gasteiger partial charge in [-0.15, -0.1) is 0 Å². The van der Waals surface area contributed by atoms with Crippen molar-refractivity contribution in [3.05, 3.63) is 94.0 Å². The van der Waals surface area contributed by atoms with Crippen LogP contribution < -0.4 is 9.62 Å². The minimum Gasteiger partial charge on any atom is -0.354 e. The first-order chi connectivity index (χ1) is 18.4. The summed E-state index contributed by atoms with van der Waals surface area (Å²) in [6.07, 6.45) is 0. The molecule has 3 rings (SSSR count). The molecule has 0 saturated heterocycles. The fourth-order valence-corrected chi connectivity index (χ4v) is 5.87. The first-order valence-electron chi connectivity index (χ1n) is 12.6. The lowest BCUT2D eigenvalue weighted by Gasteiger charge is -2.32. The van der Waals surface area contributed by atoms with Crippen LogP contribution in [0.1, 0.15) is 31.9 Å². The molecular weight excluding hydrogens is 557 g/mol. The number of amides is 2. The molecule has 1 unspecified atom stereocenters. The maximum Gasteiger partial charge on any atom is 0.264 e. The topological polar surface area (TPSA) is 86.8 Å². The third-order valence-corrected chi connectivity index (χ3v) is 8.42. The molecule has 0 spiro atoms. The van der Waals surface area contributed by atoms with Gasteiger partial charge in [-0.3, -0.25) is 13.9 Å². The lowest BCUT2D eigenvalue weighted by atomic mass is 10.1. The number of nitrogens with one attached hydrogen (secondary N) is 1. The van der Waals surface area contributed by atoms with Gasteiger partial charge in [-0.05, 0) is 61.2 Å². The van der Waals surface area contributed by atoms with Crippen LogP contribution in [-0.2, 0) is 26.2 Å². The van der Waals surface area contributed by atoms with E-state index in [0.29, 0.717) is 6.54 Å². The zero-order chi connectivity index (χ0) is 28.7. The van der Waals surface area contributed by atoms with Crippen LogP contribution in [0.25, 0.3) is 0 Å². The molecule has 0 bridgehead atoms. The molecule has 0 heterocycles.